The highest BCUT2D eigenvalue weighted by atomic mass is 32.2. The number of thioether (sulfide) groups is 1. The van der Waals surface area contributed by atoms with Crippen LogP contribution in [-0.4, -0.2) is 52.3 Å². The molecular weight excluding hydrogens is 314 g/mol. The normalized spacial score (nSPS) is 15.7. The Balaban J connectivity index is 2.36. The van der Waals surface area contributed by atoms with Crippen LogP contribution < -0.4 is 0 Å². The molecule has 0 saturated heterocycles. The molecule has 0 aromatic carbocycles. The quantitative estimate of drug-likeness (QED) is 0.258. The number of oxime groups is 1. The average Bonchev–Trinajstić information content (AvgIpc) is 2.96. The van der Waals surface area contributed by atoms with Gasteiger partial charge in [-0.2, -0.15) is 0 Å². The number of rotatable bonds is 4. The van der Waals surface area contributed by atoms with Gasteiger partial charge in [-0.1, -0.05) is 5.16 Å². The smallest absolute Gasteiger partial charge is 0.445 e. The van der Waals surface area contributed by atoms with Crippen LogP contribution in [0.15, 0.2) is 5.16 Å². The van der Waals surface area contributed by atoms with Crippen LogP contribution in [0, 0.1) is 0 Å². The topological polar surface area (TPSA) is 71.4 Å². The largest absolute Gasteiger partial charge is 0.447 e. The Morgan fingerprint density at radius 2 is 1.71 bits per heavy atom. The highest BCUT2D eigenvalue weighted by Gasteiger charge is 2.24. The fourth-order valence-corrected chi connectivity index (χ4v) is 2.36. The van der Waals surface area contributed by atoms with Crippen molar-refractivity contribution >= 4 is 41.1 Å². The van der Waals surface area contributed by atoms with E-state index in [4.69, 9.17) is 9.57 Å². The number of hydrogen-bond acceptors (Lipinski definition) is 7. The van der Waals surface area contributed by atoms with Crippen LogP contribution in [0.1, 0.15) is 32.6 Å². The summed E-state index contributed by atoms with van der Waals surface area (Å²) in [6.07, 6.45) is 4.70. The molecule has 21 heavy (non-hydrogen) atoms. The first-order chi connectivity index (χ1) is 9.93. The van der Waals surface area contributed by atoms with Crippen molar-refractivity contribution < 1.29 is 19.2 Å². The summed E-state index contributed by atoms with van der Waals surface area (Å²) in [6.45, 7) is 1.73. The summed E-state index contributed by atoms with van der Waals surface area (Å²) in [5.41, 5.74) is 0. The van der Waals surface area contributed by atoms with Gasteiger partial charge in [0.25, 0.3) is 0 Å². The van der Waals surface area contributed by atoms with Crippen molar-refractivity contribution in [3.63, 3.8) is 0 Å². The minimum atomic E-state index is -0.658. The standard InChI is InChI=1S/C12H21N3O4S2/c1-9(20-4)13-19-12(17)15(3)21-14(2)11(16)18-10-7-5-6-8-10/h10H,5-8H2,1-4H3. The second-order valence-electron chi connectivity index (χ2n) is 4.54. The average molecular weight is 335 g/mol. The molecule has 1 saturated carbocycles. The number of hydrogen-bond donors (Lipinski definition) is 0. The molecule has 1 aliphatic carbocycles. The zero-order chi connectivity index (χ0) is 15.8. The Labute approximate surface area is 133 Å². The third kappa shape index (κ3) is 6.47. The van der Waals surface area contributed by atoms with E-state index in [0.717, 1.165) is 37.8 Å². The van der Waals surface area contributed by atoms with Crippen molar-refractivity contribution in [1.82, 2.24) is 8.61 Å². The minimum Gasteiger partial charge on any atom is -0.445 e. The van der Waals surface area contributed by atoms with Crippen molar-refractivity contribution in [1.29, 1.82) is 0 Å². The second kappa shape index (κ2) is 9.04. The van der Waals surface area contributed by atoms with E-state index in [1.54, 1.807) is 14.0 Å². The fraction of sp³-hybridized carbons (Fsp3) is 0.750. The third-order valence-electron chi connectivity index (χ3n) is 2.88. The van der Waals surface area contributed by atoms with Gasteiger partial charge in [0.1, 0.15) is 11.1 Å². The molecule has 0 bridgehead atoms. The number of nitrogens with zero attached hydrogens (tertiary/aromatic N) is 3. The lowest BCUT2D eigenvalue weighted by molar-refractivity contribution is 0.0886. The molecule has 0 N–H and O–H groups in total. The first kappa shape index (κ1) is 18.0. The van der Waals surface area contributed by atoms with Crippen LogP contribution in [0.2, 0.25) is 0 Å². The molecule has 0 spiro atoms. The highest BCUT2D eigenvalue weighted by molar-refractivity contribution is 8.13. The zero-order valence-electron chi connectivity index (χ0n) is 12.7. The maximum atomic E-state index is 11.8. The van der Waals surface area contributed by atoms with Crippen LogP contribution in [0.3, 0.4) is 0 Å². The summed E-state index contributed by atoms with van der Waals surface area (Å²) in [4.78, 5) is 28.2. The van der Waals surface area contributed by atoms with Crippen molar-refractivity contribution in [3.05, 3.63) is 0 Å². The Morgan fingerprint density at radius 1 is 1.14 bits per heavy atom. The molecule has 0 aliphatic heterocycles. The van der Waals surface area contributed by atoms with Gasteiger partial charge in [-0.25, -0.2) is 18.2 Å². The first-order valence-electron chi connectivity index (χ1n) is 6.59. The molecule has 0 atom stereocenters. The first-order valence-corrected chi connectivity index (χ1v) is 8.55. The van der Waals surface area contributed by atoms with Gasteiger partial charge in [-0.3, -0.25) is 4.84 Å². The van der Waals surface area contributed by atoms with E-state index in [1.807, 2.05) is 6.26 Å². The lowest BCUT2D eigenvalue weighted by Crippen LogP contribution is -2.31. The molecule has 2 amide bonds. The van der Waals surface area contributed by atoms with Crippen molar-refractivity contribution in [2.24, 2.45) is 5.16 Å². The van der Waals surface area contributed by atoms with E-state index in [2.05, 4.69) is 5.16 Å². The lowest BCUT2D eigenvalue weighted by Gasteiger charge is -2.22. The Kier molecular flexibility index (Phi) is 7.73. The van der Waals surface area contributed by atoms with Crippen LogP contribution in [-0.2, 0) is 9.57 Å². The molecule has 120 valence electrons. The van der Waals surface area contributed by atoms with Crippen LogP contribution in [0.4, 0.5) is 9.59 Å². The molecule has 9 heteroatoms. The summed E-state index contributed by atoms with van der Waals surface area (Å²) in [5, 5.41) is 4.27. The fourth-order valence-electron chi connectivity index (χ4n) is 1.67. The van der Waals surface area contributed by atoms with Gasteiger partial charge in [0.05, 0.1) is 12.1 Å². The van der Waals surface area contributed by atoms with Crippen molar-refractivity contribution in [3.8, 4) is 0 Å². The van der Waals surface area contributed by atoms with E-state index in [0.29, 0.717) is 5.04 Å². The molecule has 0 aromatic heterocycles. The van der Waals surface area contributed by atoms with Gasteiger partial charge in [-0.05, 0) is 38.9 Å². The predicted octanol–water partition coefficient (Wildman–Crippen LogP) is 3.33. The zero-order valence-corrected chi connectivity index (χ0v) is 14.3. The van der Waals surface area contributed by atoms with Crippen molar-refractivity contribution in [2.75, 3.05) is 20.4 Å². The molecule has 0 radical (unpaired) electrons. The maximum absolute atomic E-state index is 11.8. The highest BCUT2D eigenvalue weighted by Crippen LogP contribution is 2.23. The van der Waals surface area contributed by atoms with Gasteiger partial charge in [0.15, 0.2) is 0 Å². The minimum absolute atomic E-state index is 0.00774. The Bertz CT molecular complexity index is 400. The number of amides is 2. The number of ether oxygens (including phenoxy) is 1. The molecule has 7 nitrogen and oxygen atoms in total. The van der Waals surface area contributed by atoms with Crippen LogP contribution in [0.25, 0.3) is 0 Å². The summed E-state index contributed by atoms with van der Waals surface area (Å²) in [6, 6.07) is 0. The Hall–Kier alpha value is -1.09. The molecule has 0 heterocycles. The molecule has 1 aliphatic rings. The lowest BCUT2D eigenvalue weighted by atomic mass is 10.3. The maximum Gasteiger partial charge on any atom is 0.447 e. The predicted molar refractivity (Wildman–Crippen MR) is 85.0 cm³/mol. The van der Waals surface area contributed by atoms with Gasteiger partial charge in [0.2, 0.25) is 0 Å². The van der Waals surface area contributed by atoms with E-state index in [-0.39, 0.29) is 6.10 Å². The molecule has 1 rings (SSSR count). The number of carbonyl (C=O) groups is 2. The third-order valence-corrected chi connectivity index (χ3v) is 4.33. The molecular formula is C12H21N3O4S2. The second-order valence-corrected chi connectivity index (χ2v) is 6.80. The van der Waals surface area contributed by atoms with E-state index >= 15 is 0 Å². The van der Waals surface area contributed by atoms with E-state index < -0.39 is 12.2 Å². The molecule has 1 fully saturated rings. The SMILES string of the molecule is CSC(C)=NOC(=O)N(C)SN(C)C(=O)OC1CCCC1. The van der Waals surface area contributed by atoms with E-state index in [9.17, 15) is 9.59 Å². The van der Waals surface area contributed by atoms with Gasteiger partial charge in [-0.15, -0.1) is 11.8 Å². The van der Waals surface area contributed by atoms with Crippen molar-refractivity contribution in [2.45, 2.75) is 38.7 Å². The van der Waals surface area contributed by atoms with Gasteiger partial charge in [0, 0.05) is 14.1 Å². The Morgan fingerprint density at radius 3 is 2.29 bits per heavy atom. The number of carbonyl (C=O) groups excluding carboxylic acids is 2. The summed E-state index contributed by atoms with van der Waals surface area (Å²) < 4.78 is 7.75. The summed E-state index contributed by atoms with van der Waals surface area (Å²) >= 11 is 2.28. The molecule has 0 aromatic rings. The van der Waals surface area contributed by atoms with Crippen LogP contribution >= 0.6 is 23.9 Å². The van der Waals surface area contributed by atoms with E-state index in [1.165, 1.54) is 27.4 Å². The summed E-state index contributed by atoms with van der Waals surface area (Å²) in [5.74, 6) is 0. The van der Waals surface area contributed by atoms with Crippen LogP contribution in [0.5, 0.6) is 0 Å². The summed E-state index contributed by atoms with van der Waals surface area (Å²) in [7, 11) is 3.04. The van der Waals surface area contributed by atoms with Gasteiger partial charge >= 0.3 is 12.2 Å². The monoisotopic (exact) mass is 335 g/mol. The van der Waals surface area contributed by atoms with Gasteiger partial charge < -0.3 is 4.74 Å². The molecule has 0 unspecified atom stereocenters.